The largest absolute Gasteiger partial charge is 0.459 e. The van der Waals surface area contributed by atoms with Gasteiger partial charge in [-0.3, -0.25) is 33.8 Å². The molecule has 17 heteroatoms. The predicted octanol–water partition coefficient (Wildman–Crippen LogP) is 4.31. The van der Waals surface area contributed by atoms with Gasteiger partial charge in [0, 0.05) is 24.8 Å². The zero-order valence-corrected chi connectivity index (χ0v) is 27.3. The molecule has 4 atom stereocenters. The van der Waals surface area contributed by atoms with Crippen LogP contribution >= 0.6 is 23.7 Å². The number of carbonyl (C=O) groups excluding carboxylic acids is 1. The summed E-state index contributed by atoms with van der Waals surface area (Å²) in [5, 5.41) is 24.8. The number of aromatic nitrogens is 2. The first-order valence-electron chi connectivity index (χ1n) is 14.7. The molecule has 1 aliphatic carbocycles. The van der Waals surface area contributed by atoms with Crippen LogP contribution in [0.1, 0.15) is 49.5 Å². The molecule has 2 fully saturated rings. The number of carbonyl (C=O) groups is 1. The Morgan fingerprint density at radius 3 is 2.55 bits per heavy atom. The number of aliphatic hydroxyl groups excluding tert-OH is 1. The van der Waals surface area contributed by atoms with Gasteiger partial charge in [0.2, 0.25) is 0 Å². The van der Waals surface area contributed by atoms with E-state index in [4.69, 9.17) is 18.5 Å². The minimum atomic E-state index is -4.49. The number of aromatic amines is 1. The molecule has 0 bridgehead atoms. The number of hydrogen-bond acceptors (Lipinski definition) is 11. The Hall–Kier alpha value is -3.92. The molecule has 0 spiro atoms. The Balaban J connectivity index is 1.36. The third-order valence-corrected chi connectivity index (χ3v) is 9.75. The Kier molecular flexibility index (Phi) is 10.9. The highest BCUT2D eigenvalue weighted by Crippen LogP contribution is 2.50. The fourth-order valence-corrected chi connectivity index (χ4v) is 7.45. The number of non-ortho nitro benzene ring substituents is 1. The summed E-state index contributed by atoms with van der Waals surface area (Å²) in [6.45, 7) is -0.519. The molecule has 1 aliphatic heterocycles. The Morgan fingerprint density at radius 1 is 1.19 bits per heavy atom. The van der Waals surface area contributed by atoms with Crippen molar-refractivity contribution in [3.63, 3.8) is 0 Å². The van der Waals surface area contributed by atoms with Gasteiger partial charge in [-0.1, -0.05) is 59.1 Å². The maximum Gasteiger partial charge on any atom is 0.459 e. The van der Waals surface area contributed by atoms with Crippen molar-refractivity contribution in [2.45, 2.75) is 62.7 Å². The summed E-state index contributed by atoms with van der Waals surface area (Å²) in [7, 11) is -4.49. The monoisotopic (exact) mass is 734 g/mol. The molecule has 2 heterocycles. The van der Waals surface area contributed by atoms with Crippen molar-refractivity contribution in [1.29, 1.82) is 0 Å². The molecular weight excluding hydrogens is 703 g/mol. The summed E-state index contributed by atoms with van der Waals surface area (Å²) in [6, 6.07) is 13.9. The van der Waals surface area contributed by atoms with E-state index in [9.17, 15) is 34.2 Å². The zero-order chi connectivity index (χ0) is 33.6. The summed E-state index contributed by atoms with van der Waals surface area (Å²) in [5.41, 5.74) is -2.12. The summed E-state index contributed by atoms with van der Waals surface area (Å²) in [4.78, 5) is 52.3. The lowest BCUT2D eigenvalue weighted by molar-refractivity contribution is -0.384. The molecule has 2 aliphatic rings. The first-order valence-corrected chi connectivity index (χ1v) is 17.1. The van der Waals surface area contributed by atoms with Crippen LogP contribution < -0.4 is 20.9 Å². The third-order valence-electron chi connectivity index (χ3n) is 7.85. The van der Waals surface area contributed by atoms with E-state index in [1.807, 2.05) is 18.2 Å². The van der Waals surface area contributed by atoms with Crippen LogP contribution in [0.4, 0.5) is 5.69 Å². The Morgan fingerprint density at radius 2 is 1.89 bits per heavy atom. The van der Waals surface area contributed by atoms with E-state index in [0.29, 0.717) is 12.8 Å². The van der Waals surface area contributed by atoms with E-state index in [1.165, 1.54) is 29.4 Å². The highest BCUT2D eigenvalue weighted by molar-refractivity contribution is 9.11. The molecule has 0 amide bonds. The van der Waals surface area contributed by atoms with Crippen LogP contribution in [0, 0.1) is 10.1 Å². The first kappa shape index (κ1) is 34.4. The number of rotatable bonds is 13. The number of aliphatic hydroxyl groups is 1. The summed E-state index contributed by atoms with van der Waals surface area (Å²) < 4.78 is 38.6. The van der Waals surface area contributed by atoms with Gasteiger partial charge in [-0.15, -0.1) is 0 Å². The van der Waals surface area contributed by atoms with E-state index in [0.717, 1.165) is 22.3 Å². The smallest absolute Gasteiger partial charge is 0.459 e. The number of H-pyrrole nitrogens is 1. The fraction of sp³-hybridized carbons (Fsp3) is 0.367. The molecular formula is C30H32BrN4O11P. The molecule has 3 aromatic rings. The van der Waals surface area contributed by atoms with Crippen molar-refractivity contribution in [3.8, 4) is 5.75 Å². The van der Waals surface area contributed by atoms with Crippen LogP contribution in [0.15, 0.2) is 75.4 Å². The van der Waals surface area contributed by atoms with Gasteiger partial charge in [0.15, 0.2) is 0 Å². The third kappa shape index (κ3) is 8.33. The molecule has 1 saturated heterocycles. The Labute approximate surface area is 276 Å². The maximum absolute atomic E-state index is 14.4. The lowest BCUT2D eigenvalue weighted by Gasteiger charge is -2.32. The Bertz CT molecular complexity index is 1770. The molecule has 47 heavy (non-hydrogen) atoms. The second-order valence-corrected chi connectivity index (χ2v) is 13.3. The molecule has 250 valence electrons. The lowest BCUT2D eigenvalue weighted by Crippen LogP contribution is -2.50. The van der Waals surface area contributed by atoms with Crippen LogP contribution in [-0.2, 0) is 30.0 Å². The average molecular weight is 735 g/mol. The van der Waals surface area contributed by atoms with Crippen LogP contribution in [-0.4, -0.2) is 49.9 Å². The second kappa shape index (κ2) is 14.9. The number of esters is 1. The molecule has 1 saturated carbocycles. The van der Waals surface area contributed by atoms with Crippen molar-refractivity contribution in [2.75, 3.05) is 6.61 Å². The van der Waals surface area contributed by atoms with Crippen molar-refractivity contribution in [1.82, 2.24) is 14.6 Å². The van der Waals surface area contributed by atoms with Crippen LogP contribution in [0.3, 0.4) is 0 Å². The lowest BCUT2D eigenvalue weighted by atomic mass is 10.00. The molecule has 5 rings (SSSR count). The molecule has 1 aromatic heterocycles. The number of nitro benzene ring substituents is 1. The number of nitro groups is 1. The van der Waals surface area contributed by atoms with Crippen molar-refractivity contribution < 1.29 is 37.9 Å². The van der Waals surface area contributed by atoms with Gasteiger partial charge in [0.05, 0.1) is 23.2 Å². The summed E-state index contributed by atoms with van der Waals surface area (Å²) in [5.74, 6) is -0.701. The number of ether oxygens (including phenoxy) is 2. The molecule has 3 N–H and O–H groups in total. The average Bonchev–Trinajstić information content (AvgIpc) is 3.67. The summed E-state index contributed by atoms with van der Waals surface area (Å²) in [6.07, 6.45) is 1.15. The van der Waals surface area contributed by atoms with Gasteiger partial charge in [-0.2, -0.15) is 5.09 Å². The van der Waals surface area contributed by atoms with Crippen LogP contribution in [0.25, 0.3) is 6.08 Å². The van der Waals surface area contributed by atoms with Gasteiger partial charge in [0.1, 0.15) is 30.2 Å². The molecule has 2 unspecified atom stereocenters. The van der Waals surface area contributed by atoms with Crippen molar-refractivity contribution in [2.24, 2.45) is 0 Å². The normalized spacial score (nSPS) is 21.8. The maximum atomic E-state index is 14.4. The van der Waals surface area contributed by atoms with E-state index in [1.54, 1.807) is 12.1 Å². The minimum absolute atomic E-state index is 0.0156. The highest BCUT2D eigenvalue weighted by atomic mass is 79.9. The quantitative estimate of drug-likeness (QED) is 0.0974. The number of nitrogens with one attached hydrogen (secondary N) is 2. The SMILES string of the molecule is O=C(OCc1ccccc1)C1(NP(=O)(OCC2O[C@@H](n3cc(/C=C/Br)c(=O)[nH]c3=O)C[C@H]2O)Oc2ccc([N+](=O)[O-])cc2)CCCC1. The number of nitrogens with zero attached hydrogens (tertiary/aromatic N) is 2. The van der Waals surface area contributed by atoms with Gasteiger partial charge in [-0.05, 0) is 41.6 Å². The number of benzene rings is 2. The predicted molar refractivity (Wildman–Crippen MR) is 172 cm³/mol. The molecule has 15 nitrogen and oxygen atoms in total. The van der Waals surface area contributed by atoms with Crippen molar-refractivity contribution in [3.05, 3.63) is 108 Å². The van der Waals surface area contributed by atoms with Crippen LogP contribution in [0.5, 0.6) is 5.75 Å². The zero-order valence-electron chi connectivity index (χ0n) is 24.9. The van der Waals surface area contributed by atoms with E-state index < -0.39 is 60.5 Å². The van der Waals surface area contributed by atoms with Gasteiger partial charge in [0.25, 0.3) is 11.2 Å². The summed E-state index contributed by atoms with van der Waals surface area (Å²) >= 11 is 3.09. The van der Waals surface area contributed by atoms with Gasteiger partial charge in [-0.25, -0.2) is 9.36 Å². The highest BCUT2D eigenvalue weighted by Gasteiger charge is 2.50. The second-order valence-electron chi connectivity index (χ2n) is 11.1. The number of halogens is 1. The van der Waals surface area contributed by atoms with E-state index in [2.05, 4.69) is 26.0 Å². The van der Waals surface area contributed by atoms with Crippen LogP contribution in [0.2, 0.25) is 0 Å². The fourth-order valence-electron chi connectivity index (χ4n) is 5.42. The van der Waals surface area contributed by atoms with Gasteiger partial charge >= 0.3 is 19.4 Å². The molecule has 0 radical (unpaired) electrons. The first-order chi connectivity index (χ1) is 22.5. The molecule has 2 aromatic carbocycles. The van der Waals surface area contributed by atoms with E-state index >= 15 is 0 Å². The number of hydrogen-bond donors (Lipinski definition) is 3. The van der Waals surface area contributed by atoms with Gasteiger partial charge < -0.3 is 19.1 Å². The standard InChI is InChI=1S/C30H32BrN4O11P/c31-15-12-21-17-34(29(39)32-27(21)37)26-16-24(36)25(45-26)19-44-47(42,46-23-10-8-22(9-11-23)35(40)41)33-30(13-4-5-14-30)28(38)43-18-20-6-2-1-3-7-20/h1-3,6-12,15,17,24-26,36H,4-5,13-14,16,18-19H2,(H,33,42)(H,32,37,39)/b15-12+/t24-,25?,26-,47?/m1/s1. The van der Waals surface area contributed by atoms with Crippen molar-refractivity contribution >= 4 is 41.4 Å². The van der Waals surface area contributed by atoms with E-state index in [-0.39, 0.29) is 42.9 Å². The minimum Gasteiger partial charge on any atom is -0.459 e. The topological polar surface area (TPSA) is 201 Å².